The molecule has 2 fully saturated rings. The molecule has 0 radical (unpaired) electrons. The van der Waals surface area contributed by atoms with E-state index < -0.39 is 27.2 Å². The van der Waals surface area contributed by atoms with Crippen LogP contribution in [0.2, 0.25) is 5.02 Å². The Balaban J connectivity index is 1.19. The fourth-order valence-corrected chi connectivity index (χ4v) is 7.48. The maximum Gasteiger partial charge on any atom is 0.287 e. The van der Waals surface area contributed by atoms with Crippen molar-refractivity contribution >= 4 is 50.1 Å². The van der Waals surface area contributed by atoms with Crippen LogP contribution in [0.1, 0.15) is 65.3 Å². The summed E-state index contributed by atoms with van der Waals surface area (Å²) < 4.78 is 29.7. The Morgan fingerprint density at radius 1 is 0.959 bits per heavy atom. The molecular formula is C37H38ClN3O7S. The summed E-state index contributed by atoms with van der Waals surface area (Å²) in [6, 6.07) is 19.2. The first-order valence-electron chi connectivity index (χ1n) is 16.4. The summed E-state index contributed by atoms with van der Waals surface area (Å²) in [6.07, 6.45) is 5.23. The number of benzene rings is 3. The number of amides is 3. The maximum absolute atomic E-state index is 14.0. The van der Waals surface area contributed by atoms with Gasteiger partial charge in [-0.1, -0.05) is 48.0 Å². The molecule has 1 N–H and O–H groups in total. The van der Waals surface area contributed by atoms with Gasteiger partial charge in [-0.15, -0.1) is 0 Å². The summed E-state index contributed by atoms with van der Waals surface area (Å²) in [5.41, 5.74) is 2.60. The van der Waals surface area contributed by atoms with Gasteiger partial charge in [-0.05, 0) is 78.6 Å². The number of rotatable bonds is 9. The molecule has 2 aliphatic heterocycles. The Hall–Kier alpha value is -4.48. The van der Waals surface area contributed by atoms with E-state index >= 15 is 0 Å². The van der Waals surface area contributed by atoms with Crippen LogP contribution >= 0.6 is 11.6 Å². The van der Waals surface area contributed by atoms with Crippen LogP contribution in [0, 0.1) is 0 Å². The van der Waals surface area contributed by atoms with Crippen LogP contribution in [0.3, 0.4) is 0 Å². The fraction of sp³-hybridized carbons (Fsp3) is 0.351. The van der Waals surface area contributed by atoms with Crippen LogP contribution in [0.25, 0.3) is 11.0 Å². The molecule has 0 bridgehead atoms. The fourth-order valence-electron chi connectivity index (χ4n) is 6.71. The highest BCUT2D eigenvalue weighted by Gasteiger charge is 2.32. The Bertz CT molecular complexity index is 2050. The number of hydrogen-bond donors (Lipinski definition) is 1. The van der Waals surface area contributed by atoms with E-state index in [0.717, 1.165) is 55.7 Å². The molecule has 0 unspecified atom stereocenters. The lowest BCUT2D eigenvalue weighted by molar-refractivity contribution is -0.135. The molecular weight excluding hydrogens is 666 g/mol. The number of sulfone groups is 1. The molecule has 1 atom stereocenters. The van der Waals surface area contributed by atoms with Crippen LogP contribution < -0.4 is 10.7 Å². The predicted molar refractivity (Wildman–Crippen MR) is 186 cm³/mol. The molecule has 12 heteroatoms. The van der Waals surface area contributed by atoms with Gasteiger partial charge < -0.3 is 19.5 Å². The van der Waals surface area contributed by atoms with Gasteiger partial charge in [0.05, 0.1) is 10.3 Å². The Morgan fingerprint density at radius 3 is 2.41 bits per heavy atom. The van der Waals surface area contributed by atoms with Crippen molar-refractivity contribution in [2.75, 3.05) is 25.9 Å². The zero-order valence-electron chi connectivity index (χ0n) is 27.2. The number of nitrogens with zero attached hydrogens (tertiary/aromatic N) is 2. The molecule has 3 aromatic carbocycles. The molecule has 1 aromatic heterocycles. The smallest absolute Gasteiger partial charge is 0.287 e. The molecule has 256 valence electrons. The third-order valence-electron chi connectivity index (χ3n) is 9.39. The minimum absolute atomic E-state index is 0.0280. The van der Waals surface area contributed by atoms with Crippen LogP contribution in [0.5, 0.6) is 0 Å². The Morgan fingerprint density at radius 2 is 1.69 bits per heavy atom. The lowest BCUT2D eigenvalue weighted by Gasteiger charge is -2.36. The van der Waals surface area contributed by atoms with Gasteiger partial charge >= 0.3 is 0 Å². The van der Waals surface area contributed by atoms with Crippen molar-refractivity contribution in [1.82, 2.24) is 15.1 Å². The van der Waals surface area contributed by atoms with Crippen LogP contribution in [0.15, 0.2) is 86.9 Å². The average Bonchev–Trinajstić information content (AvgIpc) is 3.09. The summed E-state index contributed by atoms with van der Waals surface area (Å²) in [7, 11) is -3.56. The van der Waals surface area contributed by atoms with Crippen molar-refractivity contribution in [2.45, 2.75) is 61.9 Å². The first kappa shape index (κ1) is 34.4. The average molecular weight is 704 g/mol. The standard InChI is InChI=1S/C37H38ClN3O7S/c1-49(46,47)28-13-14-33-30(21-28)32(42)22-34(48-33)36(44)39-31(20-24-9-11-27(38)12-10-24)37(45)40-18-15-25(16-19-40)29-7-3-2-6-26(29)23-41-17-5-4-8-35(41)43/h2-3,6-7,9-14,21-22,25,31H,4-5,8,15-20,23H2,1H3,(H,39,44)/t31-/m0/s1. The third-order valence-corrected chi connectivity index (χ3v) is 10.8. The highest BCUT2D eigenvalue weighted by atomic mass is 35.5. The third kappa shape index (κ3) is 8.05. The number of nitrogens with one attached hydrogen (secondary N) is 1. The summed E-state index contributed by atoms with van der Waals surface area (Å²) in [5, 5.41) is 3.36. The molecule has 4 aromatic rings. The van der Waals surface area contributed by atoms with Gasteiger partial charge in [0.1, 0.15) is 11.6 Å². The Labute approximate surface area is 290 Å². The van der Waals surface area contributed by atoms with E-state index in [1.165, 1.54) is 23.8 Å². The zero-order chi connectivity index (χ0) is 34.7. The van der Waals surface area contributed by atoms with Crippen molar-refractivity contribution in [1.29, 1.82) is 0 Å². The minimum atomic E-state index is -3.56. The van der Waals surface area contributed by atoms with Crippen molar-refractivity contribution in [3.05, 3.63) is 110 Å². The lowest BCUT2D eigenvalue weighted by Crippen LogP contribution is -2.51. The van der Waals surface area contributed by atoms with E-state index in [-0.39, 0.29) is 45.8 Å². The van der Waals surface area contributed by atoms with E-state index in [1.54, 1.807) is 29.2 Å². The van der Waals surface area contributed by atoms with Gasteiger partial charge in [0.25, 0.3) is 5.91 Å². The molecule has 2 aliphatic rings. The second-order valence-corrected chi connectivity index (χ2v) is 15.3. The van der Waals surface area contributed by atoms with Gasteiger partial charge in [-0.3, -0.25) is 19.2 Å². The van der Waals surface area contributed by atoms with E-state index in [0.29, 0.717) is 31.1 Å². The second-order valence-electron chi connectivity index (χ2n) is 12.8. The van der Waals surface area contributed by atoms with Crippen LogP contribution in [-0.4, -0.2) is 67.9 Å². The number of carbonyl (C=O) groups excluding carboxylic acids is 3. The van der Waals surface area contributed by atoms with Gasteiger partial charge in [0.2, 0.25) is 11.8 Å². The topological polar surface area (TPSA) is 134 Å². The summed E-state index contributed by atoms with van der Waals surface area (Å²) in [5.74, 6) is -0.871. The molecule has 3 amide bonds. The predicted octanol–water partition coefficient (Wildman–Crippen LogP) is 5.11. The maximum atomic E-state index is 14.0. The molecule has 0 aliphatic carbocycles. The van der Waals surface area contributed by atoms with Gasteiger partial charge in [-0.2, -0.15) is 0 Å². The molecule has 3 heterocycles. The first-order chi connectivity index (χ1) is 23.5. The monoisotopic (exact) mass is 703 g/mol. The molecule has 49 heavy (non-hydrogen) atoms. The molecule has 0 spiro atoms. The number of carbonyl (C=O) groups is 3. The van der Waals surface area contributed by atoms with E-state index in [1.807, 2.05) is 17.0 Å². The van der Waals surface area contributed by atoms with Gasteiger partial charge in [0.15, 0.2) is 21.0 Å². The highest BCUT2D eigenvalue weighted by Crippen LogP contribution is 2.32. The quantitative estimate of drug-likeness (QED) is 0.256. The van der Waals surface area contributed by atoms with Gasteiger partial charge in [0, 0.05) is 56.4 Å². The van der Waals surface area contributed by atoms with Gasteiger partial charge in [-0.25, -0.2) is 8.42 Å². The van der Waals surface area contributed by atoms with Crippen LogP contribution in [0.4, 0.5) is 0 Å². The molecule has 0 saturated carbocycles. The van der Waals surface area contributed by atoms with E-state index in [4.69, 9.17) is 16.0 Å². The van der Waals surface area contributed by atoms with Crippen LogP contribution in [-0.2, 0) is 32.4 Å². The summed E-state index contributed by atoms with van der Waals surface area (Å²) >= 11 is 6.09. The number of piperidine rings is 2. The van der Waals surface area contributed by atoms with Crippen molar-refractivity contribution in [3.63, 3.8) is 0 Å². The van der Waals surface area contributed by atoms with E-state index in [9.17, 15) is 27.6 Å². The molecule has 2 saturated heterocycles. The molecule has 6 rings (SSSR count). The first-order valence-corrected chi connectivity index (χ1v) is 18.7. The van der Waals surface area contributed by atoms with Crippen molar-refractivity contribution in [2.24, 2.45) is 0 Å². The number of halogens is 1. The number of hydrogen-bond acceptors (Lipinski definition) is 7. The SMILES string of the molecule is CS(=O)(=O)c1ccc2oc(C(=O)N[C@@H](Cc3ccc(Cl)cc3)C(=O)N3CCC(c4ccccc4CN4CCCCC4=O)CC3)cc(=O)c2c1. The lowest BCUT2D eigenvalue weighted by atomic mass is 9.86. The van der Waals surface area contributed by atoms with E-state index in [2.05, 4.69) is 17.4 Å². The molecule has 10 nitrogen and oxygen atoms in total. The minimum Gasteiger partial charge on any atom is -0.451 e. The Kier molecular flexibility index (Phi) is 10.2. The normalized spacial score (nSPS) is 16.5. The van der Waals surface area contributed by atoms with Crippen molar-refractivity contribution < 1.29 is 27.2 Å². The number of likely N-dealkylation sites (tertiary alicyclic amines) is 2. The summed E-state index contributed by atoms with van der Waals surface area (Å²) in [4.78, 5) is 56.7. The van der Waals surface area contributed by atoms with Crippen molar-refractivity contribution in [3.8, 4) is 0 Å². The second kappa shape index (κ2) is 14.6. The largest absolute Gasteiger partial charge is 0.451 e. The highest BCUT2D eigenvalue weighted by molar-refractivity contribution is 7.90. The number of fused-ring (bicyclic) bond motifs is 1. The zero-order valence-corrected chi connectivity index (χ0v) is 28.8. The summed E-state index contributed by atoms with van der Waals surface area (Å²) in [6.45, 7) is 2.34.